The number of hydrogen-bond donors (Lipinski definition) is 2. The molecule has 4 heterocycles. The van der Waals surface area contributed by atoms with Crippen LogP contribution in [0.4, 0.5) is 4.79 Å². The molecule has 10 nitrogen and oxygen atoms in total. The standard InChI is InChI=1S/C24H32N4O6S.HI/c1-5-10-34-24(33)27-12-17(11-16(27)6-7-26-9-8-25(4)13-26)35-21-14(2)19-18(15(3)29)22(30)28(19)20(21)23(31)32;/h5,8-9,13-19,29H,1,6-7,10-12H2,2-4H3;1H/t14-,15-,16-,17+,18-,19-;/m1./s1. The van der Waals surface area contributed by atoms with Crippen LogP contribution in [0.1, 0.15) is 26.7 Å². The van der Waals surface area contributed by atoms with Gasteiger partial charge >= 0.3 is 12.1 Å². The second-order valence-electron chi connectivity index (χ2n) is 9.52. The van der Waals surface area contributed by atoms with Crippen LogP contribution in [-0.4, -0.2) is 79.1 Å². The zero-order valence-corrected chi connectivity index (χ0v) is 23.6. The molecule has 36 heavy (non-hydrogen) atoms. The van der Waals surface area contributed by atoms with Crippen LogP contribution in [-0.2, 0) is 27.9 Å². The van der Waals surface area contributed by atoms with Crippen LogP contribution in [0.3, 0.4) is 0 Å². The number of aliphatic hydroxyl groups excluding tert-OH is 1. The number of aryl methyl sites for hydroxylation is 2. The summed E-state index contributed by atoms with van der Waals surface area (Å²) in [6.07, 6.45) is 7.60. The first kappa shape index (κ1) is 28.5. The molecule has 0 radical (unpaired) electrons. The van der Waals surface area contributed by atoms with Crippen LogP contribution in [0.25, 0.3) is 0 Å². The molecule has 0 saturated carbocycles. The van der Waals surface area contributed by atoms with Crippen molar-refractivity contribution >= 4 is 29.7 Å². The molecule has 198 valence electrons. The largest absolute Gasteiger partial charge is 1.00 e. The number of aliphatic carboxylic acids is 1. The zero-order chi connectivity index (χ0) is 25.4. The van der Waals surface area contributed by atoms with Gasteiger partial charge in [-0.2, -0.15) is 0 Å². The molecule has 6 atom stereocenters. The number of carboxylic acids is 1. The van der Waals surface area contributed by atoms with Crippen molar-refractivity contribution in [2.75, 3.05) is 13.2 Å². The van der Waals surface area contributed by atoms with E-state index in [0.29, 0.717) is 17.9 Å². The van der Waals surface area contributed by atoms with Crippen LogP contribution in [0.15, 0.2) is 42.0 Å². The number of hydrogen-bond acceptors (Lipinski definition) is 6. The van der Waals surface area contributed by atoms with Gasteiger partial charge in [-0.05, 0) is 13.3 Å². The van der Waals surface area contributed by atoms with Crippen molar-refractivity contribution in [1.82, 2.24) is 14.4 Å². The van der Waals surface area contributed by atoms with E-state index in [0.717, 1.165) is 13.0 Å². The van der Waals surface area contributed by atoms with Gasteiger partial charge in [-0.25, -0.2) is 18.7 Å². The maximum absolute atomic E-state index is 12.8. The summed E-state index contributed by atoms with van der Waals surface area (Å²) in [6.45, 7) is 8.35. The second kappa shape index (κ2) is 11.5. The van der Waals surface area contributed by atoms with Gasteiger partial charge in [0, 0.05) is 35.1 Å². The molecular formula is C24H33IN4O6S. The van der Waals surface area contributed by atoms with Crippen molar-refractivity contribution in [2.24, 2.45) is 18.9 Å². The van der Waals surface area contributed by atoms with Gasteiger partial charge in [-0.3, -0.25) is 4.79 Å². The number of carbonyl (C=O) groups is 3. The Bertz CT molecular complexity index is 1060. The zero-order valence-electron chi connectivity index (χ0n) is 20.6. The third-order valence-corrected chi connectivity index (χ3v) is 8.58. The molecule has 0 bridgehead atoms. The van der Waals surface area contributed by atoms with Crippen LogP contribution in [0.2, 0.25) is 0 Å². The predicted octanol–water partition coefficient (Wildman–Crippen LogP) is -1.64. The average Bonchev–Trinajstić information content (AvgIpc) is 3.46. The molecule has 2 N–H and O–H groups in total. The van der Waals surface area contributed by atoms with E-state index in [4.69, 9.17) is 4.74 Å². The average molecular weight is 633 g/mol. The maximum Gasteiger partial charge on any atom is 0.410 e. The predicted molar refractivity (Wildman–Crippen MR) is 128 cm³/mol. The summed E-state index contributed by atoms with van der Waals surface area (Å²) < 4.78 is 9.34. The lowest BCUT2D eigenvalue weighted by Gasteiger charge is -2.46. The number of likely N-dealkylation sites (tertiary alicyclic amines) is 1. The Hall–Kier alpha value is -2.06. The molecule has 1 aromatic heterocycles. The number of ether oxygens (including phenoxy) is 1. The third kappa shape index (κ3) is 5.30. The van der Waals surface area contributed by atoms with E-state index in [1.165, 1.54) is 22.7 Å². The lowest BCUT2D eigenvalue weighted by atomic mass is 9.79. The molecule has 2 fully saturated rings. The lowest BCUT2D eigenvalue weighted by molar-refractivity contribution is -0.671. The monoisotopic (exact) mass is 632 g/mol. The number of β-lactam (4-membered cyclic amide) rings is 1. The van der Waals surface area contributed by atoms with E-state index < -0.39 is 24.1 Å². The molecule has 0 aliphatic carbocycles. The molecule has 0 spiro atoms. The summed E-state index contributed by atoms with van der Waals surface area (Å²) in [6, 6.07) is -0.413. The van der Waals surface area contributed by atoms with Crippen molar-refractivity contribution in [3.63, 3.8) is 0 Å². The van der Waals surface area contributed by atoms with Gasteiger partial charge in [0.25, 0.3) is 0 Å². The van der Waals surface area contributed by atoms with Crippen molar-refractivity contribution in [2.45, 2.75) is 56.7 Å². The first-order valence-corrected chi connectivity index (χ1v) is 12.7. The minimum Gasteiger partial charge on any atom is -1.00 e. The summed E-state index contributed by atoms with van der Waals surface area (Å²) in [5.74, 6) is -2.29. The van der Waals surface area contributed by atoms with Crippen LogP contribution in [0, 0.1) is 11.8 Å². The first-order chi connectivity index (χ1) is 16.6. The van der Waals surface area contributed by atoms with Gasteiger partial charge in [0.2, 0.25) is 12.2 Å². The van der Waals surface area contributed by atoms with Gasteiger partial charge in [0.15, 0.2) is 0 Å². The van der Waals surface area contributed by atoms with Crippen LogP contribution < -0.4 is 28.5 Å². The van der Waals surface area contributed by atoms with Crippen molar-refractivity contribution in [3.05, 3.63) is 42.0 Å². The highest BCUT2D eigenvalue weighted by molar-refractivity contribution is 8.03. The molecule has 0 aromatic carbocycles. The Balaban J connectivity index is 0.00000361. The highest BCUT2D eigenvalue weighted by atomic mass is 127. The minimum absolute atomic E-state index is 0. The van der Waals surface area contributed by atoms with Gasteiger partial charge < -0.3 is 48.7 Å². The number of rotatable bonds is 9. The summed E-state index contributed by atoms with van der Waals surface area (Å²) in [5, 5.41) is 19.9. The van der Waals surface area contributed by atoms with Crippen LogP contribution in [0.5, 0.6) is 0 Å². The number of imidazole rings is 1. The van der Waals surface area contributed by atoms with Crippen LogP contribution >= 0.6 is 11.8 Å². The second-order valence-corrected chi connectivity index (χ2v) is 10.9. The number of aromatic nitrogens is 2. The van der Waals surface area contributed by atoms with Gasteiger partial charge in [0.1, 0.15) is 24.7 Å². The molecule has 3 aliphatic heterocycles. The molecule has 2 amide bonds. The van der Waals surface area contributed by atoms with Gasteiger partial charge in [-0.1, -0.05) is 19.6 Å². The van der Waals surface area contributed by atoms with E-state index in [1.54, 1.807) is 11.8 Å². The number of thioether (sulfide) groups is 1. The molecule has 2 saturated heterocycles. The number of nitrogens with zero attached hydrogens (tertiary/aromatic N) is 4. The molecule has 3 aliphatic rings. The number of amides is 2. The van der Waals surface area contributed by atoms with E-state index in [9.17, 15) is 24.6 Å². The quantitative estimate of drug-likeness (QED) is 0.145. The van der Waals surface area contributed by atoms with Gasteiger partial charge in [0.05, 0.1) is 31.7 Å². The number of carbonyl (C=O) groups excluding carboxylic acids is 2. The summed E-state index contributed by atoms with van der Waals surface area (Å²) in [7, 11) is 1.95. The van der Waals surface area contributed by atoms with E-state index >= 15 is 0 Å². The van der Waals surface area contributed by atoms with E-state index in [2.05, 4.69) is 11.1 Å². The molecule has 0 unspecified atom stereocenters. The maximum atomic E-state index is 12.8. The molecule has 1 aromatic rings. The molecule has 12 heteroatoms. The molecular weight excluding hydrogens is 599 g/mol. The Labute approximate surface area is 232 Å². The number of halogens is 1. The first-order valence-electron chi connectivity index (χ1n) is 11.8. The smallest absolute Gasteiger partial charge is 0.410 e. The van der Waals surface area contributed by atoms with Crippen molar-refractivity contribution in [3.8, 4) is 0 Å². The minimum atomic E-state index is -1.14. The Morgan fingerprint density at radius 3 is 2.72 bits per heavy atom. The van der Waals surface area contributed by atoms with Gasteiger partial charge in [-0.15, -0.1) is 11.8 Å². The fourth-order valence-electron chi connectivity index (χ4n) is 5.46. The summed E-state index contributed by atoms with van der Waals surface area (Å²) >= 11 is 1.44. The number of fused-ring (bicyclic) bond motifs is 1. The highest BCUT2D eigenvalue weighted by Gasteiger charge is 2.60. The lowest BCUT2D eigenvalue weighted by Crippen LogP contribution is -3.00. The number of aliphatic hydroxyl groups is 1. The fourth-order valence-corrected chi connectivity index (χ4v) is 7.02. The van der Waals surface area contributed by atoms with Crippen molar-refractivity contribution < 1.29 is 57.9 Å². The Kier molecular flexibility index (Phi) is 9.15. The van der Waals surface area contributed by atoms with E-state index in [1.807, 2.05) is 37.3 Å². The Morgan fingerprint density at radius 2 is 2.14 bits per heavy atom. The van der Waals surface area contributed by atoms with Crippen molar-refractivity contribution in [1.29, 1.82) is 0 Å². The topological polar surface area (TPSA) is 116 Å². The fraction of sp³-hybridized carbons (Fsp3) is 0.583. The third-order valence-electron chi connectivity index (χ3n) is 7.08. The summed E-state index contributed by atoms with van der Waals surface area (Å²) in [4.78, 5) is 41.2. The normalized spacial score (nSPS) is 27.9. The Morgan fingerprint density at radius 1 is 1.42 bits per heavy atom. The summed E-state index contributed by atoms with van der Waals surface area (Å²) in [5.41, 5.74) is 0.0125. The highest BCUT2D eigenvalue weighted by Crippen LogP contribution is 2.52. The number of carboxylic acid groups (broad SMARTS) is 1. The van der Waals surface area contributed by atoms with E-state index in [-0.39, 0.29) is 65.4 Å². The molecule has 4 rings (SSSR count). The SMILES string of the molecule is C=CCOC(=O)N1C[C@@H](SC2=C(C(=O)O)N3C(=O)[C@H]([C@@H](C)O)[C@H]3[C@H]2C)C[C@H]1CCn1cc[n+](C)c1.[I-].